The number of carbonyl (C=O) groups excluding carboxylic acids is 1. The zero-order valence-electron chi connectivity index (χ0n) is 18.5. The van der Waals surface area contributed by atoms with Crippen molar-refractivity contribution in [2.24, 2.45) is 0 Å². The molecular formula is C26H18Cl2F3N3O2. The Balaban J connectivity index is 1.62. The van der Waals surface area contributed by atoms with Gasteiger partial charge in [-0.05, 0) is 66.2 Å². The number of anilines is 1. The van der Waals surface area contributed by atoms with Crippen LogP contribution in [0.5, 0.6) is 0 Å². The van der Waals surface area contributed by atoms with E-state index in [1.54, 1.807) is 54.6 Å². The van der Waals surface area contributed by atoms with Gasteiger partial charge in [-0.25, -0.2) is 9.78 Å². The van der Waals surface area contributed by atoms with Crippen LogP contribution in [0.1, 0.15) is 17.0 Å². The summed E-state index contributed by atoms with van der Waals surface area (Å²) < 4.78 is 46.8. The summed E-state index contributed by atoms with van der Waals surface area (Å²) >= 11 is 12.0. The Hall–Kier alpha value is -3.49. The summed E-state index contributed by atoms with van der Waals surface area (Å²) in [4.78, 5) is 18.9. The van der Waals surface area contributed by atoms with E-state index >= 15 is 0 Å². The highest BCUT2D eigenvalue weighted by Gasteiger charge is 2.49. The van der Waals surface area contributed by atoms with E-state index in [9.17, 15) is 18.0 Å². The monoisotopic (exact) mass is 531 g/mol. The number of hydrogen-bond acceptors (Lipinski definition) is 3. The van der Waals surface area contributed by atoms with Crippen molar-refractivity contribution in [3.8, 4) is 11.3 Å². The lowest BCUT2D eigenvalue weighted by atomic mass is 9.84. The van der Waals surface area contributed by atoms with Crippen LogP contribution in [0.3, 0.4) is 0 Å². The van der Waals surface area contributed by atoms with Crippen molar-refractivity contribution in [2.45, 2.75) is 18.1 Å². The molecule has 1 saturated heterocycles. The van der Waals surface area contributed by atoms with Crippen molar-refractivity contribution in [1.29, 1.82) is 0 Å². The zero-order valence-corrected chi connectivity index (χ0v) is 20.0. The molecule has 1 N–H and O–H groups in total. The summed E-state index contributed by atoms with van der Waals surface area (Å²) in [6.07, 6.45) is -3.00. The number of benzene rings is 3. The highest BCUT2D eigenvalue weighted by atomic mass is 35.5. The number of amides is 2. The van der Waals surface area contributed by atoms with E-state index in [4.69, 9.17) is 27.6 Å². The molecule has 4 aromatic rings. The Morgan fingerprint density at radius 1 is 1.00 bits per heavy atom. The van der Waals surface area contributed by atoms with Crippen molar-refractivity contribution >= 4 is 34.9 Å². The van der Waals surface area contributed by atoms with E-state index < -0.39 is 23.3 Å². The molecule has 5 rings (SSSR count). The highest BCUT2D eigenvalue weighted by molar-refractivity contribution is 6.31. The Morgan fingerprint density at radius 2 is 1.67 bits per heavy atom. The third-order valence-electron chi connectivity index (χ3n) is 6.10. The fourth-order valence-electron chi connectivity index (χ4n) is 4.38. The molecule has 0 saturated carbocycles. The quantitative estimate of drug-likeness (QED) is 0.293. The van der Waals surface area contributed by atoms with Crippen molar-refractivity contribution in [3.05, 3.63) is 106 Å². The molecular weight excluding hydrogens is 514 g/mol. The first kappa shape index (κ1) is 24.2. The van der Waals surface area contributed by atoms with Crippen LogP contribution in [0.4, 0.5) is 23.7 Å². The van der Waals surface area contributed by atoms with Crippen LogP contribution in [0, 0.1) is 0 Å². The topological polar surface area (TPSA) is 58.4 Å². The molecule has 36 heavy (non-hydrogen) atoms. The number of hydrogen-bond donors (Lipinski definition) is 1. The second-order valence-electron chi connectivity index (χ2n) is 8.38. The van der Waals surface area contributed by atoms with E-state index in [1.807, 2.05) is 0 Å². The predicted octanol–water partition coefficient (Wildman–Crippen LogP) is 7.34. The number of urea groups is 1. The van der Waals surface area contributed by atoms with Crippen molar-refractivity contribution in [2.75, 3.05) is 11.4 Å². The average molecular weight is 532 g/mol. The third kappa shape index (κ3) is 4.54. The first-order valence-electron chi connectivity index (χ1n) is 10.9. The molecule has 1 fully saturated rings. The van der Waals surface area contributed by atoms with Crippen LogP contribution in [0.15, 0.2) is 83.4 Å². The van der Waals surface area contributed by atoms with Gasteiger partial charge in [-0.2, -0.15) is 13.2 Å². The van der Waals surface area contributed by atoms with Gasteiger partial charge in [0.2, 0.25) is 0 Å². The summed E-state index contributed by atoms with van der Waals surface area (Å²) in [6, 6.07) is 18.0. The SMILES string of the molecule is O=C1NC[C@](Cc2ncc(-c3ccc(Cl)cc3)o2)(c2cccc(C(F)(F)F)c2)N1c1ccc(Cl)cc1. The van der Waals surface area contributed by atoms with Crippen LogP contribution in [-0.2, 0) is 18.1 Å². The average Bonchev–Trinajstić information content (AvgIpc) is 3.45. The summed E-state index contributed by atoms with van der Waals surface area (Å²) in [7, 11) is 0. The number of nitrogens with one attached hydrogen (secondary N) is 1. The van der Waals surface area contributed by atoms with E-state index in [1.165, 1.54) is 17.2 Å². The predicted molar refractivity (Wildman–Crippen MR) is 131 cm³/mol. The number of nitrogens with zero attached hydrogens (tertiary/aromatic N) is 2. The molecule has 0 bridgehead atoms. The molecule has 5 nitrogen and oxygen atoms in total. The molecule has 184 valence electrons. The summed E-state index contributed by atoms with van der Waals surface area (Å²) in [5, 5.41) is 3.81. The molecule has 2 amide bonds. The molecule has 10 heteroatoms. The standard InChI is InChI=1S/C26H18Cl2F3N3O2/c27-19-6-4-16(5-7-19)22-14-32-23(36-22)13-25(17-2-1-3-18(12-17)26(29,30)31)15-33-24(35)34(25)21-10-8-20(28)9-11-21/h1-12,14H,13,15H2,(H,33,35)/t25-/m1/s1. The second-order valence-corrected chi connectivity index (χ2v) is 9.26. The summed E-state index contributed by atoms with van der Waals surface area (Å²) in [5.41, 5.74) is -0.576. The fraction of sp³-hybridized carbons (Fsp3) is 0.154. The molecule has 0 unspecified atom stereocenters. The van der Waals surface area contributed by atoms with Gasteiger partial charge in [0.1, 0.15) is 5.54 Å². The van der Waals surface area contributed by atoms with E-state index in [0.29, 0.717) is 21.5 Å². The van der Waals surface area contributed by atoms with Crippen molar-refractivity contribution < 1.29 is 22.4 Å². The van der Waals surface area contributed by atoms with E-state index in [2.05, 4.69) is 10.3 Å². The van der Waals surface area contributed by atoms with Gasteiger partial charge in [0.25, 0.3) is 0 Å². The molecule has 0 radical (unpaired) electrons. The van der Waals surface area contributed by atoms with Crippen molar-refractivity contribution in [3.63, 3.8) is 0 Å². The molecule has 0 spiro atoms. The minimum atomic E-state index is -4.55. The molecule has 1 aromatic heterocycles. The maximum atomic E-state index is 13.6. The largest absolute Gasteiger partial charge is 0.441 e. The Bertz CT molecular complexity index is 1410. The normalized spacial score (nSPS) is 17.9. The first-order valence-corrected chi connectivity index (χ1v) is 11.6. The lowest BCUT2D eigenvalue weighted by molar-refractivity contribution is -0.137. The number of halogens is 5. The highest BCUT2D eigenvalue weighted by Crippen LogP contribution is 2.42. The van der Waals surface area contributed by atoms with Gasteiger partial charge in [0.05, 0.1) is 18.2 Å². The molecule has 1 atom stereocenters. The van der Waals surface area contributed by atoms with E-state index in [0.717, 1.165) is 17.7 Å². The Morgan fingerprint density at radius 3 is 2.33 bits per heavy atom. The van der Waals surface area contributed by atoms with Gasteiger partial charge in [-0.1, -0.05) is 35.3 Å². The van der Waals surface area contributed by atoms with Crippen LogP contribution >= 0.6 is 23.2 Å². The molecule has 2 heterocycles. The van der Waals surface area contributed by atoms with Gasteiger partial charge in [-0.15, -0.1) is 0 Å². The minimum Gasteiger partial charge on any atom is -0.441 e. The zero-order chi connectivity index (χ0) is 25.5. The molecule has 0 aliphatic carbocycles. The summed E-state index contributed by atoms with van der Waals surface area (Å²) in [5.74, 6) is 0.726. The van der Waals surface area contributed by atoms with Gasteiger partial charge >= 0.3 is 12.2 Å². The number of rotatable bonds is 5. The third-order valence-corrected chi connectivity index (χ3v) is 6.61. The number of carbonyl (C=O) groups is 1. The van der Waals surface area contributed by atoms with Gasteiger partial charge in [0, 0.05) is 27.8 Å². The van der Waals surface area contributed by atoms with E-state index in [-0.39, 0.29) is 24.4 Å². The second kappa shape index (κ2) is 9.19. The molecule has 1 aliphatic rings. The van der Waals surface area contributed by atoms with Crippen LogP contribution in [0.2, 0.25) is 10.0 Å². The number of aromatic nitrogens is 1. The number of alkyl halides is 3. The maximum absolute atomic E-state index is 13.6. The smallest absolute Gasteiger partial charge is 0.416 e. The van der Waals surface area contributed by atoms with Crippen LogP contribution < -0.4 is 10.2 Å². The lowest BCUT2D eigenvalue weighted by Crippen LogP contribution is -2.47. The van der Waals surface area contributed by atoms with Gasteiger partial charge < -0.3 is 9.73 Å². The molecule has 3 aromatic carbocycles. The summed E-state index contributed by atoms with van der Waals surface area (Å²) in [6.45, 7) is 0.0361. The van der Waals surface area contributed by atoms with Crippen LogP contribution in [-0.4, -0.2) is 17.6 Å². The van der Waals surface area contributed by atoms with Gasteiger partial charge in [-0.3, -0.25) is 4.90 Å². The lowest BCUT2D eigenvalue weighted by Gasteiger charge is -2.37. The Labute approximate surface area is 214 Å². The fourth-order valence-corrected chi connectivity index (χ4v) is 4.63. The maximum Gasteiger partial charge on any atom is 0.416 e. The van der Waals surface area contributed by atoms with Crippen molar-refractivity contribution in [1.82, 2.24) is 10.3 Å². The molecule has 1 aliphatic heterocycles. The Kier molecular flexibility index (Phi) is 6.18. The van der Waals surface area contributed by atoms with Crippen LogP contribution in [0.25, 0.3) is 11.3 Å². The number of oxazole rings is 1. The van der Waals surface area contributed by atoms with Gasteiger partial charge in [0.15, 0.2) is 11.7 Å². The first-order chi connectivity index (χ1) is 17.2. The minimum absolute atomic E-state index is 0.0171.